The van der Waals surface area contributed by atoms with Gasteiger partial charge in [0.25, 0.3) is 10.2 Å². The minimum Gasteiger partial charge on any atom is -0.395 e. The van der Waals surface area contributed by atoms with Crippen LogP contribution in [0.25, 0.3) is 0 Å². The zero-order valence-electron chi connectivity index (χ0n) is 12.2. The molecule has 6 heteroatoms. The zero-order valence-corrected chi connectivity index (χ0v) is 13.1. The molecule has 0 amide bonds. The maximum atomic E-state index is 12.3. The third-order valence-electron chi connectivity index (χ3n) is 3.86. The first-order valence-corrected chi connectivity index (χ1v) is 8.99. The van der Waals surface area contributed by atoms with E-state index in [0.717, 1.165) is 32.1 Å². The Bertz CT molecular complexity index is 519. The summed E-state index contributed by atoms with van der Waals surface area (Å²) in [7, 11) is -3.48. The molecular formula is C15H24N2O3S. The second-order valence-electron chi connectivity index (χ2n) is 5.43. The molecule has 0 bridgehead atoms. The molecule has 1 heterocycles. The average molecular weight is 312 g/mol. The molecule has 118 valence electrons. The SMILES string of the molecule is O=S(=O)(NCCCc1ccccc1)N1CCCCC1CO. The van der Waals surface area contributed by atoms with Gasteiger partial charge in [-0.25, -0.2) is 4.72 Å². The number of hydrogen-bond acceptors (Lipinski definition) is 3. The zero-order chi connectivity index (χ0) is 15.1. The second-order valence-corrected chi connectivity index (χ2v) is 7.14. The van der Waals surface area contributed by atoms with Gasteiger partial charge in [0.1, 0.15) is 0 Å². The van der Waals surface area contributed by atoms with Crippen LogP contribution in [-0.4, -0.2) is 43.6 Å². The summed E-state index contributed by atoms with van der Waals surface area (Å²) >= 11 is 0. The number of piperidine rings is 1. The van der Waals surface area contributed by atoms with Crippen molar-refractivity contribution in [3.63, 3.8) is 0 Å². The van der Waals surface area contributed by atoms with Crippen molar-refractivity contribution < 1.29 is 13.5 Å². The van der Waals surface area contributed by atoms with Gasteiger partial charge in [-0.15, -0.1) is 0 Å². The van der Waals surface area contributed by atoms with E-state index in [1.165, 1.54) is 9.87 Å². The smallest absolute Gasteiger partial charge is 0.279 e. The van der Waals surface area contributed by atoms with Crippen molar-refractivity contribution in [1.29, 1.82) is 0 Å². The van der Waals surface area contributed by atoms with Crippen molar-refractivity contribution in [2.24, 2.45) is 0 Å². The van der Waals surface area contributed by atoms with Gasteiger partial charge in [0, 0.05) is 19.1 Å². The number of rotatable bonds is 7. The molecule has 1 atom stereocenters. The number of aliphatic hydroxyl groups excluding tert-OH is 1. The number of aryl methyl sites for hydroxylation is 1. The lowest BCUT2D eigenvalue weighted by molar-refractivity contribution is 0.154. The highest BCUT2D eigenvalue weighted by Gasteiger charge is 2.31. The van der Waals surface area contributed by atoms with Crippen molar-refractivity contribution in [2.45, 2.75) is 38.1 Å². The molecule has 1 aromatic carbocycles. The van der Waals surface area contributed by atoms with E-state index >= 15 is 0 Å². The predicted octanol–water partition coefficient (Wildman–Crippen LogP) is 1.30. The minimum absolute atomic E-state index is 0.106. The van der Waals surface area contributed by atoms with E-state index in [0.29, 0.717) is 13.1 Å². The van der Waals surface area contributed by atoms with Crippen LogP contribution in [0.1, 0.15) is 31.2 Å². The van der Waals surface area contributed by atoms with Crippen LogP contribution in [0, 0.1) is 0 Å². The van der Waals surface area contributed by atoms with Crippen molar-refractivity contribution in [3.05, 3.63) is 35.9 Å². The van der Waals surface area contributed by atoms with E-state index in [9.17, 15) is 13.5 Å². The summed E-state index contributed by atoms with van der Waals surface area (Å²) in [6, 6.07) is 9.75. The fourth-order valence-electron chi connectivity index (χ4n) is 2.69. The number of aliphatic hydroxyl groups is 1. The van der Waals surface area contributed by atoms with E-state index in [-0.39, 0.29) is 12.6 Å². The Morgan fingerprint density at radius 3 is 2.71 bits per heavy atom. The van der Waals surface area contributed by atoms with Gasteiger partial charge in [-0.2, -0.15) is 12.7 Å². The quantitative estimate of drug-likeness (QED) is 0.746. The van der Waals surface area contributed by atoms with Crippen molar-refractivity contribution in [3.8, 4) is 0 Å². The number of benzene rings is 1. The van der Waals surface area contributed by atoms with E-state index in [4.69, 9.17) is 0 Å². The molecule has 1 aliphatic rings. The van der Waals surface area contributed by atoms with E-state index in [1.54, 1.807) is 0 Å². The van der Waals surface area contributed by atoms with Gasteiger partial charge in [0.05, 0.1) is 6.61 Å². The van der Waals surface area contributed by atoms with Crippen LogP contribution >= 0.6 is 0 Å². The first-order chi connectivity index (χ1) is 10.1. The number of hydrogen-bond donors (Lipinski definition) is 2. The fourth-order valence-corrected chi connectivity index (χ4v) is 4.20. The summed E-state index contributed by atoms with van der Waals surface area (Å²) in [4.78, 5) is 0. The highest BCUT2D eigenvalue weighted by molar-refractivity contribution is 7.87. The fraction of sp³-hybridized carbons (Fsp3) is 0.600. The predicted molar refractivity (Wildman–Crippen MR) is 83.1 cm³/mol. The first-order valence-electron chi connectivity index (χ1n) is 7.54. The van der Waals surface area contributed by atoms with Crippen molar-refractivity contribution in [2.75, 3.05) is 19.7 Å². The number of nitrogens with zero attached hydrogens (tertiary/aromatic N) is 1. The maximum Gasteiger partial charge on any atom is 0.279 e. The van der Waals surface area contributed by atoms with Gasteiger partial charge in [-0.05, 0) is 31.2 Å². The van der Waals surface area contributed by atoms with Crippen LogP contribution in [0.15, 0.2) is 30.3 Å². The molecule has 0 aliphatic carbocycles. The van der Waals surface area contributed by atoms with Gasteiger partial charge in [-0.3, -0.25) is 0 Å². The summed E-state index contributed by atoms with van der Waals surface area (Å²) in [6.07, 6.45) is 4.20. The van der Waals surface area contributed by atoms with Gasteiger partial charge in [-0.1, -0.05) is 36.8 Å². The third kappa shape index (κ3) is 4.78. The molecule has 21 heavy (non-hydrogen) atoms. The molecule has 0 aromatic heterocycles. The second kappa shape index (κ2) is 7.89. The Morgan fingerprint density at radius 1 is 1.24 bits per heavy atom. The molecule has 2 N–H and O–H groups in total. The molecule has 5 nitrogen and oxygen atoms in total. The first kappa shape index (κ1) is 16.4. The lowest BCUT2D eigenvalue weighted by atomic mass is 10.1. The highest BCUT2D eigenvalue weighted by atomic mass is 32.2. The summed E-state index contributed by atoms with van der Waals surface area (Å²) in [5.41, 5.74) is 1.21. The minimum atomic E-state index is -3.48. The highest BCUT2D eigenvalue weighted by Crippen LogP contribution is 2.19. The van der Waals surface area contributed by atoms with E-state index in [2.05, 4.69) is 4.72 Å². The molecule has 1 fully saturated rings. The lowest BCUT2D eigenvalue weighted by Gasteiger charge is -2.33. The molecule has 0 saturated carbocycles. The van der Waals surface area contributed by atoms with Crippen LogP contribution in [-0.2, 0) is 16.6 Å². The lowest BCUT2D eigenvalue weighted by Crippen LogP contribution is -2.50. The van der Waals surface area contributed by atoms with Crippen LogP contribution in [0.3, 0.4) is 0 Å². The normalized spacial score (nSPS) is 20.5. The van der Waals surface area contributed by atoms with Gasteiger partial charge >= 0.3 is 0 Å². The Morgan fingerprint density at radius 2 is 2.00 bits per heavy atom. The molecule has 1 unspecified atom stereocenters. The summed E-state index contributed by atoms with van der Waals surface area (Å²) < 4.78 is 28.6. The molecule has 1 aromatic rings. The summed E-state index contributed by atoms with van der Waals surface area (Å²) in [5.74, 6) is 0. The largest absolute Gasteiger partial charge is 0.395 e. The van der Waals surface area contributed by atoms with Crippen LogP contribution in [0.2, 0.25) is 0 Å². The summed E-state index contributed by atoms with van der Waals surface area (Å²) in [5, 5.41) is 9.31. The topological polar surface area (TPSA) is 69.6 Å². The third-order valence-corrected chi connectivity index (χ3v) is 5.53. The molecular weight excluding hydrogens is 288 g/mol. The maximum absolute atomic E-state index is 12.3. The standard InChI is InChI=1S/C15H24N2O3S/c18-13-15-10-4-5-12-17(15)21(19,20)16-11-6-9-14-7-2-1-3-8-14/h1-3,7-8,15-16,18H,4-6,9-13H2. The Balaban J connectivity index is 1.80. The van der Waals surface area contributed by atoms with Crippen molar-refractivity contribution in [1.82, 2.24) is 9.03 Å². The molecule has 2 rings (SSSR count). The average Bonchev–Trinajstić information content (AvgIpc) is 2.52. The van der Waals surface area contributed by atoms with Crippen LogP contribution in [0.5, 0.6) is 0 Å². The van der Waals surface area contributed by atoms with Crippen LogP contribution in [0.4, 0.5) is 0 Å². The van der Waals surface area contributed by atoms with E-state index < -0.39 is 10.2 Å². The van der Waals surface area contributed by atoms with Gasteiger partial charge in [0.15, 0.2) is 0 Å². The Hall–Kier alpha value is -0.950. The monoisotopic (exact) mass is 312 g/mol. The molecule has 1 aliphatic heterocycles. The summed E-state index contributed by atoms with van der Waals surface area (Å²) in [6.45, 7) is 0.816. The molecule has 0 radical (unpaired) electrons. The Labute approximate surface area is 127 Å². The molecule has 1 saturated heterocycles. The van der Waals surface area contributed by atoms with Crippen molar-refractivity contribution >= 4 is 10.2 Å². The molecule has 0 spiro atoms. The number of nitrogens with one attached hydrogen (secondary N) is 1. The van der Waals surface area contributed by atoms with Crippen LogP contribution < -0.4 is 4.72 Å². The van der Waals surface area contributed by atoms with E-state index in [1.807, 2.05) is 30.3 Å². The van der Waals surface area contributed by atoms with Gasteiger partial charge < -0.3 is 5.11 Å². The van der Waals surface area contributed by atoms with Gasteiger partial charge in [0.2, 0.25) is 0 Å². The Kier molecular flexibility index (Phi) is 6.17.